The summed E-state index contributed by atoms with van der Waals surface area (Å²) < 4.78 is 84.3. The first-order valence-corrected chi connectivity index (χ1v) is 14.6. The minimum absolute atomic E-state index is 0.0395. The number of thiophene rings is 1. The number of nitrogens with zero attached hydrogens (tertiary/aromatic N) is 7. The molecule has 9 nitrogen and oxygen atoms in total. The molecule has 2 N–H and O–H groups in total. The van der Waals surface area contributed by atoms with Crippen LogP contribution < -0.4 is 10.6 Å². The Kier molecular flexibility index (Phi) is 5.23. The number of halogens is 2. The quantitative estimate of drug-likeness (QED) is 0.360. The van der Waals surface area contributed by atoms with Crippen molar-refractivity contribution in [1.82, 2.24) is 24.8 Å². The highest BCUT2D eigenvalue weighted by molar-refractivity contribution is 7.23. The Morgan fingerprint density at radius 3 is 2.69 bits per heavy atom. The second-order valence-electron chi connectivity index (χ2n) is 10.9. The lowest BCUT2D eigenvalue weighted by molar-refractivity contribution is 0.0765. The number of ether oxygens (including phenoxy) is 1. The minimum Gasteiger partial charge on any atom is -0.389 e. The third-order valence-electron chi connectivity index (χ3n) is 8.89. The van der Waals surface area contributed by atoms with Crippen molar-refractivity contribution in [2.75, 3.05) is 43.4 Å². The fourth-order valence-corrected chi connectivity index (χ4v) is 7.62. The molecule has 12 heteroatoms. The van der Waals surface area contributed by atoms with Crippen LogP contribution in [0.4, 0.5) is 19.7 Å². The Bertz CT molecular complexity index is 1960. The summed E-state index contributed by atoms with van der Waals surface area (Å²) in [5, 5.41) is 10.6. The summed E-state index contributed by atoms with van der Waals surface area (Å²) in [5.41, 5.74) is 7.59. The predicted molar refractivity (Wildman–Crippen MR) is 159 cm³/mol. The van der Waals surface area contributed by atoms with E-state index in [0.717, 1.165) is 24.0 Å². The molecule has 7 rings (SSSR count). The van der Waals surface area contributed by atoms with E-state index in [9.17, 15) is 9.65 Å². The lowest BCUT2D eigenvalue weighted by Crippen LogP contribution is -2.54. The Morgan fingerprint density at radius 1 is 1.14 bits per heavy atom. The first kappa shape index (κ1) is 21.2. The Labute approximate surface area is 254 Å². The Hall–Kier alpha value is -3.50. The number of nitriles is 1. The van der Waals surface area contributed by atoms with Crippen LogP contribution in [0.5, 0.6) is 0 Å². The van der Waals surface area contributed by atoms with Gasteiger partial charge in [-0.25, -0.2) is 18.7 Å². The van der Waals surface area contributed by atoms with Crippen molar-refractivity contribution in [1.29, 1.82) is 5.26 Å². The highest BCUT2D eigenvalue weighted by Gasteiger charge is 2.38. The van der Waals surface area contributed by atoms with Crippen LogP contribution in [0.15, 0.2) is 12.4 Å². The van der Waals surface area contributed by atoms with E-state index in [1.807, 2.05) is 17.9 Å². The molecule has 3 aliphatic heterocycles. The number of benzene rings is 1. The molecule has 0 saturated carbocycles. The van der Waals surface area contributed by atoms with Gasteiger partial charge in [0.1, 0.15) is 16.6 Å². The van der Waals surface area contributed by atoms with E-state index in [4.69, 9.17) is 23.7 Å². The molecule has 0 aliphatic carbocycles. The minimum atomic E-state index is -2.63. The number of piperazine rings is 1. The van der Waals surface area contributed by atoms with Crippen LogP contribution in [0.2, 0.25) is 0 Å². The highest BCUT2D eigenvalue weighted by Crippen LogP contribution is 2.45. The van der Waals surface area contributed by atoms with Gasteiger partial charge in [0.25, 0.3) is 0 Å². The number of aromatic nitrogens is 3. The molecule has 2 saturated heterocycles. The number of fused-ring (bicyclic) bond motifs is 4. The number of hydrogen-bond acceptors (Lipinski definition) is 10. The van der Waals surface area contributed by atoms with E-state index in [2.05, 4.69) is 14.9 Å². The molecule has 42 heavy (non-hydrogen) atoms. The van der Waals surface area contributed by atoms with Crippen LogP contribution in [0.3, 0.4) is 0 Å². The molecule has 0 bridgehead atoms. The van der Waals surface area contributed by atoms with Crippen molar-refractivity contribution in [3.63, 3.8) is 0 Å². The number of anilines is 2. The molecule has 4 aromatic rings. The van der Waals surface area contributed by atoms with Crippen molar-refractivity contribution >= 4 is 43.3 Å². The molecule has 218 valence electrons. The number of rotatable bonds is 4. The van der Waals surface area contributed by atoms with Crippen molar-refractivity contribution in [3.05, 3.63) is 40.7 Å². The molecule has 1 aromatic carbocycles. The molecule has 0 radical (unpaired) electrons. The summed E-state index contributed by atoms with van der Waals surface area (Å²) in [6.07, 6.45) is 3.35. The van der Waals surface area contributed by atoms with Gasteiger partial charge in [-0.3, -0.25) is 14.8 Å². The van der Waals surface area contributed by atoms with Crippen LogP contribution in [0.1, 0.15) is 52.0 Å². The monoisotopic (exact) mass is 596 g/mol. The molecule has 6 heterocycles. The second kappa shape index (κ2) is 10.3. The SMILES string of the molecule is [2H]C([2H])([2H])C(N1CCN([C@H]2CCN(c3ncc4c5c(c(-c6ncc(F)c7sc(N)c(C#N)c67)c(F)c4n3)COC5)[C@H]2C)CC1)C([2H])([2H])[2H]. The van der Waals surface area contributed by atoms with Crippen molar-refractivity contribution in [2.45, 2.75) is 58.4 Å². The molecule has 0 unspecified atom stereocenters. The third-order valence-corrected chi connectivity index (χ3v) is 9.91. The Morgan fingerprint density at radius 2 is 1.93 bits per heavy atom. The average Bonchev–Trinajstić information content (AvgIpc) is 3.74. The van der Waals surface area contributed by atoms with Crippen LogP contribution in [-0.2, 0) is 18.0 Å². The smallest absolute Gasteiger partial charge is 0.226 e. The summed E-state index contributed by atoms with van der Waals surface area (Å²) in [6.45, 7) is -0.712. The summed E-state index contributed by atoms with van der Waals surface area (Å²) >= 11 is 0.914. The maximum Gasteiger partial charge on any atom is 0.226 e. The van der Waals surface area contributed by atoms with Crippen LogP contribution in [0.25, 0.3) is 32.2 Å². The topological polar surface area (TPSA) is 107 Å². The van der Waals surface area contributed by atoms with E-state index < -0.39 is 31.4 Å². The van der Waals surface area contributed by atoms with E-state index in [-0.39, 0.29) is 62.7 Å². The van der Waals surface area contributed by atoms with Gasteiger partial charge in [0, 0.05) is 81.6 Å². The van der Waals surface area contributed by atoms with Gasteiger partial charge in [-0.1, -0.05) is 0 Å². The van der Waals surface area contributed by atoms with E-state index in [0.29, 0.717) is 55.2 Å². The van der Waals surface area contributed by atoms with Gasteiger partial charge in [-0.2, -0.15) is 5.26 Å². The van der Waals surface area contributed by atoms with Crippen LogP contribution in [-0.4, -0.2) is 75.6 Å². The fraction of sp³-hybridized carbons (Fsp3) is 0.467. The number of nitrogen functional groups attached to an aromatic ring is 1. The molecular weight excluding hydrogens is 558 g/mol. The first-order valence-electron chi connectivity index (χ1n) is 16.8. The lowest BCUT2D eigenvalue weighted by Gasteiger charge is -2.41. The molecule has 3 aromatic heterocycles. The van der Waals surface area contributed by atoms with Gasteiger partial charge in [-0.15, -0.1) is 11.3 Å². The van der Waals surface area contributed by atoms with Gasteiger partial charge >= 0.3 is 0 Å². The number of hydrogen-bond donors (Lipinski definition) is 1. The molecular formula is C30H32F2N8OS. The van der Waals surface area contributed by atoms with Gasteiger partial charge in [-0.05, 0) is 38.2 Å². The fourth-order valence-electron chi connectivity index (χ4n) is 6.70. The normalized spacial score (nSPS) is 24.3. The van der Waals surface area contributed by atoms with Gasteiger partial charge in [0.2, 0.25) is 5.95 Å². The standard InChI is InChI=1S/C30H32F2N8OS/c1-15(2)38-6-8-39(9-7-38)22-4-5-40(16(22)3)30-36-11-18-19-13-41-14-20(19)23(25(32)26(18)37-30)27-24-17(10-33)29(34)42-28(24)21(31)12-35-27/h11-12,15-16,22H,4-9,13-14,34H2,1-3H3/t16-,22-/m0/s1/i1D3,2D3. The molecule has 0 spiro atoms. The first-order chi connectivity index (χ1) is 22.7. The lowest BCUT2D eigenvalue weighted by atomic mass is 9.94. The number of pyridine rings is 1. The van der Waals surface area contributed by atoms with Crippen LogP contribution >= 0.6 is 11.3 Å². The zero-order chi connectivity index (χ0) is 34.3. The Balaban J connectivity index is 1.21. The maximum absolute atomic E-state index is 16.8. The van der Waals surface area contributed by atoms with E-state index >= 15 is 4.39 Å². The van der Waals surface area contributed by atoms with Gasteiger partial charge < -0.3 is 15.4 Å². The molecule has 2 atom stereocenters. The van der Waals surface area contributed by atoms with Crippen molar-refractivity contribution in [3.8, 4) is 17.3 Å². The molecule has 3 aliphatic rings. The molecule has 0 amide bonds. The maximum atomic E-state index is 16.8. The van der Waals surface area contributed by atoms with Gasteiger partial charge in [0.05, 0.1) is 35.4 Å². The summed E-state index contributed by atoms with van der Waals surface area (Å²) in [6, 6.07) is 0.475. The summed E-state index contributed by atoms with van der Waals surface area (Å²) in [7, 11) is 0. The number of nitrogens with two attached hydrogens (primary N) is 1. The van der Waals surface area contributed by atoms with E-state index in [1.54, 1.807) is 11.1 Å². The average molecular weight is 597 g/mol. The predicted octanol–water partition coefficient (Wildman–Crippen LogP) is 4.66. The van der Waals surface area contributed by atoms with Gasteiger partial charge in [0.15, 0.2) is 11.6 Å². The largest absolute Gasteiger partial charge is 0.389 e. The molecule has 2 fully saturated rings. The van der Waals surface area contributed by atoms with Crippen LogP contribution in [0, 0.1) is 23.0 Å². The zero-order valence-corrected chi connectivity index (χ0v) is 23.6. The zero-order valence-electron chi connectivity index (χ0n) is 28.8. The van der Waals surface area contributed by atoms with E-state index in [1.165, 1.54) is 0 Å². The van der Waals surface area contributed by atoms with Crippen molar-refractivity contribution < 1.29 is 21.7 Å². The van der Waals surface area contributed by atoms with Crippen molar-refractivity contribution in [2.24, 2.45) is 0 Å². The third kappa shape index (κ3) is 4.13. The summed E-state index contributed by atoms with van der Waals surface area (Å²) in [4.78, 5) is 19.4. The highest BCUT2D eigenvalue weighted by atomic mass is 32.1. The second-order valence-corrected chi connectivity index (χ2v) is 12.0. The summed E-state index contributed by atoms with van der Waals surface area (Å²) in [5.74, 6) is -0.997.